The number of anilines is 4. The van der Waals surface area contributed by atoms with Crippen LogP contribution in [0.2, 0.25) is 0 Å². The van der Waals surface area contributed by atoms with E-state index < -0.39 is 0 Å². The number of hydrogen-bond donors (Lipinski definition) is 2. The largest absolute Gasteiger partial charge is 0.494 e. The molecule has 3 aliphatic rings. The molecule has 0 bridgehead atoms. The fourth-order valence-electron chi connectivity index (χ4n) is 7.45. The van der Waals surface area contributed by atoms with Crippen molar-refractivity contribution in [3.63, 3.8) is 0 Å². The average molecular weight is 630 g/mol. The molecule has 0 spiro atoms. The molecule has 2 N–H and O–H groups in total. The van der Waals surface area contributed by atoms with Crippen molar-refractivity contribution < 1.29 is 9.53 Å². The topological polar surface area (TPSA) is 105 Å². The number of nitrogens with one attached hydrogen (secondary N) is 2. The Kier molecular flexibility index (Phi) is 7.20. The van der Waals surface area contributed by atoms with Crippen LogP contribution < -0.4 is 20.3 Å². The first kappa shape index (κ1) is 29.3. The predicted octanol–water partition coefficient (Wildman–Crippen LogP) is 5.71. The standard InChI is InChI=1S/C36H39N9O2/c1-5-34(46)39-28-14-29(33(47-4)15-32(28)44-19-22-17-42(2)18-23(22)20-44)40-36-37-16-26(30-12-13-38-43(30)3)35(41-36)27-21-45(24-10-11-24)31-9-7-6-8-25(27)31/h5-9,12-16,21-24H,1,10-11,17-20H2,2-4H3,(H,39,46)(H,37,40,41). The molecule has 47 heavy (non-hydrogen) atoms. The molecule has 1 aliphatic carbocycles. The first-order valence-electron chi connectivity index (χ1n) is 16.2. The third-order valence-corrected chi connectivity index (χ3v) is 9.84. The summed E-state index contributed by atoms with van der Waals surface area (Å²) < 4.78 is 10.1. The highest BCUT2D eigenvalue weighted by atomic mass is 16.5. The second-order valence-corrected chi connectivity index (χ2v) is 13.0. The summed E-state index contributed by atoms with van der Waals surface area (Å²) in [5.74, 6) is 1.98. The molecule has 2 saturated heterocycles. The number of likely N-dealkylation sites (tertiary alicyclic amines) is 1. The van der Waals surface area contributed by atoms with Crippen molar-refractivity contribution in [3.05, 3.63) is 73.7 Å². The van der Waals surface area contributed by atoms with Gasteiger partial charge in [-0.15, -0.1) is 0 Å². The molecule has 8 rings (SSSR count). The molecular weight excluding hydrogens is 590 g/mol. The van der Waals surface area contributed by atoms with E-state index in [1.165, 1.54) is 24.4 Å². The lowest BCUT2D eigenvalue weighted by Gasteiger charge is -2.26. The summed E-state index contributed by atoms with van der Waals surface area (Å²) in [6.07, 6.45) is 9.52. The number of hydrogen-bond acceptors (Lipinski definition) is 8. The first-order chi connectivity index (χ1) is 22.9. The highest BCUT2D eigenvalue weighted by Gasteiger charge is 2.39. The molecule has 5 heterocycles. The highest BCUT2D eigenvalue weighted by molar-refractivity contribution is 6.02. The minimum absolute atomic E-state index is 0.271. The third-order valence-electron chi connectivity index (χ3n) is 9.84. The summed E-state index contributed by atoms with van der Waals surface area (Å²) in [6, 6.07) is 14.9. The SMILES string of the molecule is C=CC(=O)Nc1cc(Nc2ncc(-c3ccnn3C)c(-c3cn(C4CC4)c4ccccc34)n2)c(OC)cc1N1CC2CN(C)CC2C1. The van der Waals surface area contributed by atoms with E-state index in [-0.39, 0.29) is 5.91 Å². The minimum Gasteiger partial charge on any atom is -0.494 e. The Morgan fingerprint density at radius 2 is 1.81 bits per heavy atom. The molecule has 3 aromatic heterocycles. The van der Waals surface area contributed by atoms with Gasteiger partial charge >= 0.3 is 0 Å². The molecule has 2 aromatic carbocycles. The van der Waals surface area contributed by atoms with Gasteiger partial charge in [0.2, 0.25) is 11.9 Å². The molecule has 1 amide bonds. The smallest absolute Gasteiger partial charge is 0.247 e. The molecular formula is C36H39N9O2. The Bertz CT molecular complexity index is 1990. The van der Waals surface area contributed by atoms with Crippen molar-refractivity contribution in [1.82, 2.24) is 29.2 Å². The van der Waals surface area contributed by atoms with Gasteiger partial charge in [0.25, 0.3) is 0 Å². The van der Waals surface area contributed by atoms with Gasteiger partial charge in [-0.25, -0.2) is 9.97 Å². The molecule has 2 aliphatic heterocycles. The molecule has 11 heteroatoms. The van der Waals surface area contributed by atoms with Crippen LogP contribution in [0.15, 0.2) is 73.7 Å². The number of benzene rings is 2. The van der Waals surface area contributed by atoms with E-state index in [2.05, 4.69) is 74.2 Å². The Morgan fingerprint density at radius 1 is 1.02 bits per heavy atom. The molecule has 1 saturated carbocycles. The molecule has 5 aromatic rings. The van der Waals surface area contributed by atoms with Crippen molar-refractivity contribution in [2.75, 3.05) is 55.9 Å². The van der Waals surface area contributed by atoms with Gasteiger partial charge in [0.05, 0.1) is 35.6 Å². The molecule has 3 fully saturated rings. The van der Waals surface area contributed by atoms with Gasteiger partial charge in [-0.2, -0.15) is 5.10 Å². The lowest BCUT2D eigenvalue weighted by Crippen LogP contribution is -2.27. The van der Waals surface area contributed by atoms with Gasteiger partial charge in [-0.05, 0) is 56.0 Å². The highest BCUT2D eigenvalue weighted by Crippen LogP contribution is 2.44. The van der Waals surface area contributed by atoms with E-state index in [0.29, 0.717) is 41.0 Å². The monoisotopic (exact) mass is 629 g/mol. The zero-order valence-electron chi connectivity index (χ0n) is 27.0. The minimum atomic E-state index is -0.271. The van der Waals surface area contributed by atoms with Gasteiger partial charge in [0, 0.05) is 86.0 Å². The van der Waals surface area contributed by atoms with Crippen LogP contribution in [0.25, 0.3) is 33.4 Å². The number of aryl methyl sites for hydroxylation is 1. The Morgan fingerprint density at radius 3 is 2.51 bits per heavy atom. The number of carbonyl (C=O) groups excluding carboxylic acids is 1. The quantitative estimate of drug-likeness (QED) is 0.200. The summed E-state index contributed by atoms with van der Waals surface area (Å²) in [5, 5.41) is 12.0. The number of ether oxygens (including phenoxy) is 1. The number of nitrogens with zero attached hydrogens (tertiary/aromatic N) is 7. The summed E-state index contributed by atoms with van der Waals surface area (Å²) >= 11 is 0. The van der Waals surface area contributed by atoms with Gasteiger partial charge in [-0.3, -0.25) is 9.48 Å². The molecule has 11 nitrogen and oxygen atoms in total. The van der Waals surface area contributed by atoms with Crippen LogP contribution >= 0.6 is 0 Å². The average Bonchev–Trinajstić information content (AvgIpc) is 3.34. The summed E-state index contributed by atoms with van der Waals surface area (Å²) in [5.41, 5.74) is 7.13. The number of methoxy groups -OCH3 is 1. The number of aromatic nitrogens is 5. The van der Waals surface area contributed by atoms with Crippen LogP contribution in [-0.4, -0.2) is 75.5 Å². The van der Waals surface area contributed by atoms with Crippen molar-refractivity contribution in [1.29, 1.82) is 0 Å². The predicted molar refractivity (Wildman–Crippen MR) is 185 cm³/mol. The lowest BCUT2D eigenvalue weighted by atomic mass is 10.0. The first-order valence-corrected chi connectivity index (χ1v) is 16.2. The molecule has 0 radical (unpaired) electrons. The van der Waals surface area contributed by atoms with E-state index in [1.54, 1.807) is 13.3 Å². The Labute approximate surface area is 273 Å². The van der Waals surface area contributed by atoms with Gasteiger partial charge < -0.3 is 29.7 Å². The maximum absolute atomic E-state index is 12.6. The summed E-state index contributed by atoms with van der Waals surface area (Å²) in [4.78, 5) is 27.3. The van der Waals surface area contributed by atoms with E-state index in [0.717, 1.165) is 59.8 Å². The third kappa shape index (κ3) is 5.30. The van der Waals surface area contributed by atoms with Crippen LogP contribution in [0.4, 0.5) is 23.0 Å². The van der Waals surface area contributed by atoms with Gasteiger partial charge in [0.1, 0.15) is 5.75 Å². The second kappa shape index (κ2) is 11.6. The van der Waals surface area contributed by atoms with Gasteiger partial charge in [0.15, 0.2) is 0 Å². The number of amides is 1. The maximum Gasteiger partial charge on any atom is 0.247 e. The van der Waals surface area contributed by atoms with Crippen LogP contribution in [0, 0.1) is 11.8 Å². The normalized spacial score (nSPS) is 19.3. The van der Waals surface area contributed by atoms with Crippen molar-refractivity contribution in [2.24, 2.45) is 18.9 Å². The second-order valence-electron chi connectivity index (χ2n) is 13.0. The number of carbonyl (C=O) groups is 1. The molecule has 240 valence electrons. The zero-order chi connectivity index (χ0) is 32.2. The van der Waals surface area contributed by atoms with Gasteiger partial charge in [-0.1, -0.05) is 24.8 Å². The van der Waals surface area contributed by atoms with E-state index in [9.17, 15) is 4.79 Å². The van der Waals surface area contributed by atoms with Crippen LogP contribution in [0.1, 0.15) is 18.9 Å². The Balaban J connectivity index is 1.21. The van der Waals surface area contributed by atoms with E-state index in [1.807, 2.05) is 36.1 Å². The Hall–Kier alpha value is -5.16. The van der Waals surface area contributed by atoms with Crippen LogP contribution in [-0.2, 0) is 11.8 Å². The number of fused-ring (bicyclic) bond motifs is 2. The molecule has 2 atom stereocenters. The molecule has 2 unspecified atom stereocenters. The van der Waals surface area contributed by atoms with E-state index >= 15 is 0 Å². The van der Waals surface area contributed by atoms with Crippen molar-refractivity contribution in [2.45, 2.75) is 18.9 Å². The van der Waals surface area contributed by atoms with E-state index in [4.69, 9.17) is 14.7 Å². The summed E-state index contributed by atoms with van der Waals surface area (Å²) in [7, 11) is 5.77. The summed E-state index contributed by atoms with van der Waals surface area (Å²) in [6.45, 7) is 7.70. The lowest BCUT2D eigenvalue weighted by molar-refractivity contribution is -0.111. The zero-order valence-corrected chi connectivity index (χ0v) is 27.0. The van der Waals surface area contributed by atoms with Crippen LogP contribution in [0.3, 0.4) is 0 Å². The number of rotatable bonds is 9. The fraction of sp³-hybridized carbons (Fsp3) is 0.333. The van der Waals surface area contributed by atoms with Crippen molar-refractivity contribution >= 4 is 39.8 Å². The van der Waals surface area contributed by atoms with Crippen molar-refractivity contribution in [3.8, 4) is 28.3 Å². The number of para-hydroxylation sites is 1. The fourth-order valence-corrected chi connectivity index (χ4v) is 7.45. The maximum atomic E-state index is 12.6. The van der Waals surface area contributed by atoms with Crippen LogP contribution in [0.5, 0.6) is 5.75 Å².